The maximum absolute atomic E-state index is 13.9. The van der Waals surface area contributed by atoms with Crippen LogP contribution in [0.2, 0.25) is 0 Å². The largest absolute Gasteiger partial charge is 0.493 e. The highest BCUT2D eigenvalue weighted by molar-refractivity contribution is 6.07. The number of hydrogen-bond donors (Lipinski definition) is 1. The molecule has 0 aliphatic carbocycles. The Bertz CT molecular complexity index is 1760. The molecule has 4 atom stereocenters. The van der Waals surface area contributed by atoms with Crippen LogP contribution in [0.1, 0.15) is 61.4 Å². The zero-order valence-electron chi connectivity index (χ0n) is 25.9. The third kappa shape index (κ3) is 6.97. The molecule has 47 heavy (non-hydrogen) atoms. The summed E-state index contributed by atoms with van der Waals surface area (Å²) in [6.07, 6.45) is -4.46. The van der Waals surface area contributed by atoms with E-state index in [1.807, 2.05) is 0 Å². The monoisotopic (exact) mass is 650 g/mol. The lowest BCUT2D eigenvalue weighted by Gasteiger charge is -2.35. The Morgan fingerprint density at radius 1 is 0.681 bits per heavy atom. The number of methoxy groups -OCH3 is 1. The molecule has 0 aromatic heterocycles. The number of Topliss-reactive ketones (excluding diaryl/α,β-unsaturated/α-hetero) is 1. The number of ether oxygens (including phenoxy) is 8. The number of fused-ring (bicyclic) bond motifs is 2. The second kappa shape index (κ2) is 13.4. The van der Waals surface area contributed by atoms with Crippen molar-refractivity contribution >= 4 is 29.7 Å². The molecule has 3 unspecified atom stereocenters. The summed E-state index contributed by atoms with van der Waals surface area (Å²) >= 11 is 0. The highest BCUT2D eigenvalue weighted by atomic mass is 16.6. The van der Waals surface area contributed by atoms with Crippen molar-refractivity contribution in [3.8, 4) is 40.2 Å². The van der Waals surface area contributed by atoms with Gasteiger partial charge in [-0.15, -0.1) is 0 Å². The Kier molecular flexibility index (Phi) is 9.33. The number of carbonyl (C=O) groups excluding carboxylic acids is 5. The minimum atomic E-state index is -1.52. The molecule has 0 amide bonds. The van der Waals surface area contributed by atoms with E-state index in [1.54, 1.807) is 24.3 Å². The molecule has 14 nitrogen and oxygen atoms in total. The SMILES string of the molecule is COc1cc(C2Oc3cc(C4Oc5cc(OC(C)=O)cc(OC(C)=O)c5C(=O)[C@@H]4OC(C)=O)ccc3OC2CO)ccc1OC(C)=O. The minimum absolute atomic E-state index is 0.0554. The quantitative estimate of drug-likeness (QED) is 0.276. The zero-order chi connectivity index (χ0) is 34.0. The van der Waals surface area contributed by atoms with Crippen molar-refractivity contribution in [1.82, 2.24) is 0 Å². The Morgan fingerprint density at radius 2 is 1.32 bits per heavy atom. The topological polar surface area (TPSA) is 179 Å². The summed E-state index contributed by atoms with van der Waals surface area (Å²) in [5, 5.41) is 10.1. The molecule has 1 N–H and O–H groups in total. The van der Waals surface area contributed by atoms with E-state index >= 15 is 0 Å². The van der Waals surface area contributed by atoms with Crippen LogP contribution in [0.4, 0.5) is 0 Å². The summed E-state index contributed by atoms with van der Waals surface area (Å²) in [5.74, 6) is -2.95. The predicted molar refractivity (Wildman–Crippen MR) is 158 cm³/mol. The second-order valence-corrected chi connectivity index (χ2v) is 10.5. The highest BCUT2D eigenvalue weighted by Gasteiger charge is 2.44. The number of rotatable bonds is 8. The van der Waals surface area contributed by atoms with Crippen LogP contribution in [0.25, 0.3) is 0 Å². The van der Waals surface area contributed by atoms with Gasteiger partial charge in [0.2, 0.25) is 11.9 Å². The summed E-state index contributed by atoms with van der Waals surface area (Å²) in [7, 11) is 1.41. The lowest BCUT2D eigenvalue weighted by atomic mass is 9.92. The summed E-state index contributed by atoms with van der Waals surface area (Å²) in [4.78, 5) is 61.0. The van der Waals surface area contributed by atoms with Crippen LogP contribution in [0, 0.1) is 0 Å². The smallest absolute Gasteiger partial charge is 0.308 e. The number of aliphatic hydroxyl groups excluding tert-OH is 1. The van der Waals surface area contributed by atoms with Crippen molar-refractivity contribution in [1.29, 1.82) is 0 Å². The van der Waals surface area contributed by atoms with Gasteiger partial charge < -0.3 is 43.0 Å². The van der Waals surface area contributed by atoms with Crippen LogP contribution < -0.4 is 33.2 Å². The molecule has 3 aromatic carbocycles. The number of hydrogen-bond acceptors (Lipinski definition) is 14. The molecule has 0 bridgehead atoms. The average molecular weight is 651 g/mol. The highest BCUT2D eigenvalue weighted by Crippen LogP contribution is 2.47. The number of carbonyl (C=O) groups is 5. The Hall–Kier alpha value is -5.63. The molecule has 2 aliphatic heterocycles. The van der Waals surface area contributed by atoms with E-state index in [2.05, 4.69) is 0 Å². The molecular formula is C33H30O14. The van der Waals surface area contributed by atoms with Crippen molar-refractivity contribution < 1.29 is 67.0 Å². The fourth-order valence-corrected chi connectivity index (χ4v) is 5.22. The van der Waals surface area contributed by atoms with E-state index < -0.39 is 60.7 Å². The van der Waals surface area contributed by atoms with Gasteiger partial charge in [0.15, 0.2) is 41.3 Å². The molecule has 14 heteroatoms. The van der Waals surface area contributed by atoms with Gasteiger partial charge in [0.25, 0.3) is 0 Å². The molecule has 0 saturated heterocycles. The van der Waals surface area contributed by atoms with Gasteiger partial charge in [-0.05, 0) is 24.3 Å². The summed E-state index contributed by atoms with van der Waals surface area (Å²) < 4.78 is 44.9. The van der Waals surface area contributed by atoms with Gasteiger partial charge in [-0.3, -0.25) is 24.0 Å². The average Bonchev–Trinajstić information content (AvgIpc) is 3.00. The van der Waals surface area contributed by atoms with Crippen LogP contribution in [-0.4, -0.2) is 60.7 Å². The van der Waals surface area contributed by atoms with Crippen molar-refractivity contribution in [2.75, 3.05) is 13.7 Å². The van der Waals surface area contributed by atoms with Crippen molar-refractivity contribution in [2.24, 2.45) is 0 Å². The lowest BCUT2D eigenvalue weighted by Crippen LogP contribution is -2.40. The van der Waals surface area contributed by atoms with E-state index in [4.69, 9.17) is 37.9 Å². The standard InChI is InChI=1S/C33H30O14/c1-15(35)41-21-12-26(43-17(3)37)29-27(13-21)47-32(33(30(29)39)44-18(4)38)20-7-9-23-25(11-20)46-31(28(14-34)45-23)19-6-8-22(42-16(2)36)24(10-19)40-5/h6-13,28,31-34H,14H2,1-5H3/t28?,31?,32?,33-/m0/s1. The van der Waals surface area contributed by atoms with Crippen LogP contribution in [0.5, 0.6) is 40.2 Å². The number of aliphatic hydroxyl groups is 1. The fraction of sp³-hybridized carbons (Fsp3) is 0.303. The molecule has 5 rings (SSSR count). The van der Waals surface area contributed by atoms with E-state index in [-0.39, 0.29) is 45.8 Å². The molecule has 246 valence electrons. The van der Waals surface area contributed by atoms with Crippen LogP contribution in [0.15, 0.2) is 48.5 Å². The Balaban J connectivity index is 1.54. The van der Waals surface area contributed by atoms with Gasteiger partial charge in [0.1, 0.15) is 22.8 Å². The molecule has 2 aliphatic rings. The van der Waals surface area contributed by atoms with Crippen molar-refractivity contribution in [3.05, 3.63) is 65.2 Å². The minimum Gasteiger partial charge on any atom is -0.493 e. The van der Waals surface area contributed by atoms with Crippen LogP contribution >= 0.6 is 0 Å². The predicted octanol–water partition coefficient (Wildman–Crippen LogP) is 3.59. The maximum Gasteiger partial charge on any atom is 0.308 e. The van der Waals surface area contributed by atoms with Crippen LogP contribution in [0.3, 0.4) is 0 Å². The van der Waals surface area contributed by atoms with Gasteiger partial charge in [-0.2, -0.15) is 0 Å². The van der Waals surface area contributed by atoms with Gasteiger partial charge in [0, 0.05) is 51.0 Å². The summed E-state index contributed by atoms with van der Waals surface area (Å²) in [6.45, 7) is 4.26. The Labute approximate surface area is 268 Å². The summed E-state index contributed by atoms with van der Waals surface area (Å²) in [5.41, 5.74) is 0.668. The first-order chi connectivity index (χ1) is 22.4. The van der Waals surface area contributed by atoms with E-state index in [0.717, 1.165) is 13.8 Å². The van der Waals surface area contributed by atoms with Gasteiger partial charge in [-0.25, -0.2) is 0 Å². The van der Waals surface area contributed by atoms with Gasteiger partial charge >= 0.3 is 23.9 Å². The van der Waals surface area contributed by atoms with Crippen molar-refractivity contribution in [3.63, 3.8) is 0 Å². The molecular weight excluding hydrogens is 620 g/mol. The van der Waals surface area contributed by atoms with Gasteiger partial charge in [0.05, 0.1) is 13.7 Å². The molecule has 0 spiro atoms. The number of esters is 4. The van der Waals surface area contributed by atoms with E-state index in [1.165, 1.54) is 45.2 Å². The molecule has 2 heterocycles. The third-order valence-corrected chi connectivity index (χ3v) is 7.00. The Morgan fingerprint density at radius 3 is 1.96 bits per heavy atom. The third-order valence-electron chi connectivity index (χ3n) is 7.00. The normalized spacial score (nSPS) is 19.4. The molecule has 3 aromatic rings. The second-order valence-electron chi connectivity index (χ2n) is 10.5. The molecule has 0 radical (unpaired) electrons. The van der Waals surface area contributed by atoms with E-state index in [0.29, 0.717) is 11.1 Å². The zero-order valence-corrected chi connectivity index (χ0v) is 25.9. The number of ketones is 1. The lowest BCUT2D eigenvalue weighted by molar-refractivity contribution is -0.149. The van der Waals surface area contributed by atoms with E-state index in [9.17, 15) is 29.1 Å². The first-order valence-corrected chi connectivity index (χ1v) is 14.3. The summed E-state index contributed by atoms with van der Waals surface area (Å²) in [6, 6.07) is 11.8. The fourth-order valence-electron chi connectivity index (χ4n) is 5.22. The molecule has 0 saturated carbocycles. The van der Waals surface area contributed by atoms with Gasteiger partial charge in [-0.1, -0.05) is 12.1 Å². The first-order valence-electron chi connectivity index (χ1n) is 14.3. The number of benzene rings is 3. The van der Waals surface area contributed by atoms with Crippen LogP contribution in [-0.2, 0) is 23.9 Å². The maximum atomic E-state index is 13.9. The first kappa shape index (κ1) is 32.8. The van der Waals surface area contributed by atoms with Crippen molar-refractivity contribution in [2.45, 2.75) is 52.1 Å². The molecule has 0 fully saturated rings.